The van der Waals surface area contributed by atoms with Crippen LogP contribution in [-0.4, -0.2) is 37.9 Å². The number of thiophene rings is 1. The molecule has 168 valence electrons. The topological polar surface area (TPSA) is 71.2 Å². The molecule has 0 aromatic carbocycles. The largest absolute Gasteiger partial charge is 0.361 e. The van der Waals surface area contributed by atoms with Gasteiger partial charge in [0.05, 0.1) is 10.3 Å². The Kier molecular flexibility index (Phi) is 5.28. The second-order valence-electron chi connectivity index (χ2n) is 9.35. The number of aryl methyl sites for hydroxylation is 1. The average Bonchev–Trinajstić information content (AvgIpc) is 3.55. The summed E-state index contributed by atoms with van der Waals surface area (Å²) in [5.41, 5.74) is 1.64. The predicted octanol–water partition coefficient (Wildman–Crippen LogP) is 5.52. The van der Waals surface area contributed by atoms with E-state index in [9.17, 15) is 0 Å². The Morgan fingerprint density at radius 1 is 1.28 bits per heavy atom. The van der Waals surface area contributed by atoms with Gasteiger partial charge in [-0.05, 0) is 58.1 Å². The third kappa shape index (κ3) is 3.50. The van der Waals surface area contributed by atoms with Crippen LogP contribution in [0.3, 0.4) is 0 Å². The Balaban J connectivity index is 1.66. The van der Waals surface area contributed by atoms with E-state index >= 15 is 0 Å². The molecular weight excluding hydrogens is 418 g/mol. The fraction of sp³-hybridized carbons (Fsp3) is 0.500. The third-order valence-corrected chi connectivity index (χ3v) is 7.96. The maximum absolute atomic E-state index is 5.02. The SMILES string of the molecule is Cc1c(-c2ccn(C(C)C)n2)sc2nc(C3(C)NC=CN3C)nc(N=CC3CCCC3)c12. The molecular formula is C24H31N7S. The molecule has 0 amide bonds. The highest BCUT2D eigenvalue weighted by Crippen LogP contribution is 2.42. The van der Waals surface area contributed by atoms with Crippen LogP contribution in [0.1, 0.15) is 63.9 Å². The van der Waals surface area contributed by atoms with E-state index in [0.29, 0.717) is 12.0 Å². The van der Waals surface area contributed by atoms with Crippen molar-refractivity contribution in [2.45, 2.75) is 65.1 Å². The van der Waals surface area contributed by atoms with E-state index in [1.807, 2.05) is 30.3 Å². The zero-order chi connectivity index (χ0) is 22.5. The van der Waals surface area contributed by atoms with Crippen molar-refractivity contribution < 1.29 is 0 Å². The first kappa shape index (κ1) is 21.1. The molecule has 1 aliphatic carbocycles. The standard InChI is InChI=1S/C24H31N7S/c1-15(2)31-12-10-18(29-31)20-16(3)19-21(25-14-17-8-6-7-9-17)27-23(28-22(19)32-20)24(4)26-11-13-30(24)5/h10-15,17,26H,6-9H2,1-5H3. The third-order valence-electron chi connectivity index (χ3n) is 6.75. The fourth-order valence-corrected chi connectivity index (χ4v) is 5.63. The second-order valence-corrected chi connectivity index (χ2v) is 10.3. The van der Waals surface area contributed by atoms with Crippen molar-refractivity contribution in [3.63, 3.8) is 0 Å². The molecule has 32 heavy (non-hydrogen) atoms. The normalized spacial score (nSPS) is 21.6. The minimum atomic E-state index is -0.497. The van der Waals surface area contributed by atoms with Crippen LogP contribution in [0, 0.1) is 12.8 Å². The van der Waals surface area contributed by atoms with Gasteiger partial charge in [-0.15, -0.1) is 11.3 Å². The zero-order valence-corrected chi connectivity index (χ0v) is 20.3. The van der Waals surface area contributed by atoms with Gasteiger partial charge in [-0.3, -0.25) is 4.68 Å². The molecule has 3 aromatic heterocycles. The van der Waals surface area contributed by atoms with Crippen molar-refractivity contribution in [1.29, 1.82) is 0 Å². The lowest BCUT2D eigenvalue weighted by Crippen LogP contribution is -2.45. The Hall–Kier alpha value is -2.74. The van der Waals surface area contributed by atoms with Crippen LogP contribution in [0.2, 0.25) is 0 Å². The first-order valence-electron chi connectivity index (χ1n) is 11.5. The maximum atomic E-state index is 5.02. The molecule has 1 unspecified atom stereocenters. The number of aromatic nitrogens is 4. The van der Waals surface area contributed by atoms with Gasteiger partial charge >= 0.3 is 0 Å². The summed E-state index contributed by atoms with van der Waals surface area (Å²) >= 11 is 1.68. The lowest BCUT2D eigenvalue weighted by Gasteiger charge is -2.32. The van der Waals surface area contributed by atoms with Crippen molar-refractivity contribution in [2.75, 3.05) is 7.05 Å². The smallest absolute Gasteiger partial charge is 0.178 e. The quantitative estimate of drug-likeness (QED) is 0.520. The number of fused-ring (bicyclic) bond motifs is 1. The van der Waals surface area contributed by atoms with Crippen LogP contribution in [0.5, 0.6) is 0 Å². The number of nitrogens with one attached hydrogen (secondary N) is 1. The molecule has 0 radical (unpaired) electrons. The van der Waals surface area contributed by atoms with E-state index in [0.717, 1.165) is 38.0 Å². The number of rotatable bonds is 5. The molecule has 1 fully saturated rings. The molecule has 5 rings (SSSR count). The summed E-state index contributed by atoms with van der Waals surface area (Å²) in [5.74, 6) is 2.05. The second kappa shape index (κ2) is 7.99. The molecule has 2 aliphatic rings. The van der Waals surface area contributed by atoms with Crippen molar-refractivity contribution in [1.82, 2.24) is 30.0 Å². The summed E-state index contributed by atoms with van der Waals surface area (Å²) < 4.78 is 2.00. The van der Waals surface area contributed by atoms with Gasteiger partial charge in [0.15, 0.2) is 17.3 Å². The van der Waals surface area contributed by atoms with Crippen LogP contribution >= 0.6 is 11.3 Å². The van der Waals surface area contributed by atoms with E-state index in [-0.39, 0.29) is 0 Å². The zero-order valence-electron chi connectivity index (χ0n) is 19.5. The minimum absolute atomic E-state index is 0.327. The summed E-state index contributed by atoms with van der Waals surface area (Å²) in [6, 6.07) is 2.42. The van der Waals surface area contributed by atoms with E-state index in [1.165, 1.54) is 25.7 Å². The monoisotopic (exact) mass is 449 g/mol. The molecule has 3 aromatic rings. The van der Waals surface area contributed by atoms with E-state index < -0.39 is 5.66 Å². The molecule has 1 aliphatic heterocycles. The molecule has 0 bridgehead atoms. The number of hydrogen-bond donors (Lipinski definition) is 1. The minimum Gasteiger partial charge on any atom is -0.361 e. The Bertz CT molecular complexity index is 1200. The predicted molar refractivity (Wildman–Crippen MR) is 131 cm³/mol. The summed E-state index contributed by atoms with van der Waals surface area (Å²) in [5, 5.41) is 9.27. The maximum Gasteiger partial charge on any atom is 0.178 e. The van der Waals surface area contributed by atoms with Gasteiger partial charge < -0.3 is 10.2 Å². The highest BCUT2D eigenvalue weighted by molar-refractivity contribution is 7.22. The van der Waals surface area contributed by atoms with Gasteiger partial charge in [0.2, 0.25) is 0 Å². The van der Waals surface area contributed by atoms with Gasteiger partial charge in [-0.25, -0.2) is 15.0 Å². The van der Waals surface area contributed by atoms with E-state index in [4.69, 9.17) is 20.1 Å². The first-order chi connectivity index (χ1) is 15.4. The first-order valence-corrected chi connectivity index (χ1v) is 12.3. The van der Waals surface area contributed by atoms with Crippen LogP contribution < -0.4 is 5.32 Å². The van der Waals surface area contributed by atoms with Crippen molar-refractivity contribution >= 4 is 33.6 Å². The molecule has 4 heterocycles. The van der Waals surface area contributed by atoms with Gasteiger partial charge in [0.25, 0.3) is 0 Å². The molecule has 7 nitrogen and oxygen atoms in total. The van der Waals surface area contributed by atoms with Crippen LogP contribution in [-0.2, 0) is 5.66 Å². The highest BCUT2D eigenvalue weighted by Gasteiger charge is 2.36. The number of hydrogen-bond acceptors (Lipinski definition) is 7. The van der Waals surface area contributed by atoms with Gasteiger partial charge in [0.1, 0.15) is 10.5 Å². The molecule has 1 atom stereocenters. The lowest BCUT2D eigenvalue weighted by atomic mass is 10.1. The summed E-state index contributed by atoms with van der Waals surface area (Å²) in [4.78, 5) is 19.2. The molecule has 0 saturated heterocycles. The van der Waals surface area contributed by atoms with Crippen molar-refractivity contribution in [3.05, 3.63) is 36.1 Å². The summed E-state index contributed by atoms with van der Waals surface area (Å²) in [6.45, 7) is 8.53. The van der Waals surface area contributed by atoms with E-state index in [2.05, 4.69) is 50.2 Å². The fourth-order valence-electron chi connectivity index (χ4n) is 4.49. The van der Waals surface area contributed by atoms with Crippen molar-refractivity contribution in [3.8, 4) is 10.6 Å². The molecule has 1 saturated carbocycles. The van der Waals surface area contributed by atoms with Gasteiger partial charge in [-0.2, -0.15) is 5.10 Å². The molecule has 1 N–H and O–H groups in total. The van der Waals surface area contributed by atoms with Crippen LogP contribution in [0.4, 0.5) is 5.82 Å². The molecule has 8 heteroatoms. The lowest BCUT2D eigenvalue weighted by molar-refractivity contribution is 0.187. The van der Waals surface area contributed by atoms with Gasteiger partial charge in [0, 0.05) is 37.9 Å². The van der Waals surface area contributed by atoms with Crippen LogP contribution in [0.15, 0.2) is 29.7 Å². The Labute approximate surface area is 193 Å². The van der Waals surface area contributed by atoms with Crippen LogP contribution in [0.25, 0.3) is 20.8 Å². The Morgan fingerprint density at radius 2 is 2.06 bits per heavy atom. The number of aliphatic imine (C=N–C) groups is 1. The number of nitrogens with zero attached hydrogens (tertiary/aromatic N) is 6. The summed E-state index contributed by atoms with van der Waals surface area (Å²) in [6.07, 6.45) is 13.1. The van der Waals surface area contributed by atoms with E-state index in [1.54, 1.807) is 11.3 Å². The Morgan fingerprint density at radius 3 is 2.72 bits per heavy atom. The van der Waals surface area contributed by atoms with Gasteiger partial charge in [-0.1, -0.05) is 12.8 Å². The van der Waals surface area contributed by atoms with Crippen molar-refractivity contribution in [2.24, 2.45) is 10.9 Å². The average molecular weight is 450 g/mol. The summed E-state index contributed by atoms with van der Waals surface area (Å²) in [7, 11) is 2.04. The highest BCUT2D eigenvalue weighted by atomic mass is 32.1. The molecule has 0 spiro atoms.